The number of imidazole rings is 1. The summed E-state index contributed by atoms with van der Waals surface area (Å²) in [5.74, 6) is 1.49. The van der Waals surface area contributed by atoms with Gasteiger partial charge >= 0.3 is 0 Å². The molecule has 29 heavy (non-hydrogen) atoms. The van der Waals surface area contributed by atoms with Gasteiger partial charge in [-0.05, 0) is 43.9 Å². The Morgan fingerprint density at radius 3 is 2.66 bits per heavy atom. The molecule has 0 spiro atoms. The van der Waals surface area contributed by atoms with Crippen LogP contribution in [-0.4, -0.2) is 40.1 Å². The zero-order valence-electron chi connectivity index (χ0n) is 16.1. The lowest BCUT2D eigenvalue weighted by Crippen LogP contribution is -2.34. The average molecular weight is 390 g/mol. The third-order valence-electron chi connectivity index (χ3n) is 5.63. The fraction of sp³-hybridized carbons (Fsp3) is 0.350. The van der Waals surface area contributed by atoms with Crippen LogP contribution in [0.15, 0.2) is 53.8 Å². The molecule has 1 N–H and O–H groups in total. The molecule has 1 aliphatic carbocycles. The summed E-state index contributed by atoms with van der Waals surface area (Å²) < 4.78 is 5.26. The molecule has 4 aromatic rings. The first kappa shape index (κ1) is 17.6. The van der Waals surface area contributed by atoms with Gasteiger partial charge in [-0.15, -0.1) is 5.10 Å². The summed E-state index contributed by atoms with van der Waals surface area (Å²) in [7, 11) is 2.03. The van der Waals surface area contributed by atoms with E-state index in [0.717, 1.165) is 42.7 Å². The van der Waals surface area contributed by atoms with E-state index >= 15 is 0 Å². The Hall–Kier alpha value is -3.49. The number of benzene rings is 1. The average Bonchev–Trinajstić information content (AvgIpc) is 3.39. The highest BCUT2D eigenvalue weighted by atomic mass is 16.1. The Kier molecular flexibility index (Phi) is 4.34. The van der Waals surface area contributed by atoms with Crippen molar-refractivity contribution in [2.75, 3.05) is 5.32 Å². The highest BCUT2D eigenvalue weighted by Crippen LogP contribution is 2.29. The van der Waals surface area contributed by atoms with Crippen LogP contribution in [0.4, 0.5) is 5.95 Å². The van der Waals surface area contributed by atoms with Crippen molar-refractivity contribution in [1.82, 2.24) is 34.1 Å². The van der Waals surface area contributed by atoms with Gasteiger partial charge in [0.2, 0.25) is 5.95 Å². The highest BCUT2D eigenvalue weighted by molar-refractivity contribution is 5.78. The number of hydrogen-bond acceptors (Lipinski definition) is 6. The molecular formula is C20H22N8O. The second kappa shape index (κ2) is 7.16. The first-order valence-corrected chi connectivity index (χ1v) is 9.82. The van der Waals surface area contributed by atoms with Gasteiger partial charge in [-0.3, -0.25) is 4.79 Å². The fourth-order valence-corrected chi connectivity index (χ4v) is 4.05. The van der Waals surface area contributed by atoms with Gasteiger partial charge in [-0.2, -0.15) is 5.10 Å². The second-order valence-electron chi connectivity index (χ2n) is 7.45. The van der Waals surface area contributed by atoms with Crippen LogP contribution in [0.25, 0.3) is 16.9 Å². The molecule has 9 nitrogen and oxygen atoms in total. The molecule has 3 heterocycles. The summed E-state index contributed by atoms with van der Waals surface area (Å²) in [5.41, 5.74) is 2.02. The molecular weight excluding hydrogens is 368 g/mol. The van der Waals surface area contributed by atoms with Crippen LogP contribution in [0.3, 0.4) is 0 Å². The zero-order valence-corrected chi connectivity index (χ0v) is 16.1. The third-order valence-corrected chi connectivity index (χ3v) is 5.63. The largest absolute Gasteiger partial charge is 0.353 e. The highest BCUT2D eigenvalue weighted by Gasteiger charge is 2.25. The maximum Gasteiger partial charge on any atom is 0.267 e. The van der Waals surface area contributed by atoms with Crippen molar-refractivity contribution in [3.8, 4) is 5.82 Å². The minimum absolute atomic E-state index is 0.0828. The standard InChI is InChI=1S/C20H22N8O/c1-26-17-5-3-2-4-16(17)24-20(26)23-14-6-8-15(9-7-14)28-19(29)11-10-18(25-28)27-13-21-12-22-27/h2-5,10-15H,6-9H2,1H3,(H,23,24). The molecule has 0 aliphatic heterocycles. The van der Waals surface area contributed by atoms with Crippen LogP contribution in [0.5, 0.6) is 0 Å². The molecule has 1 fully saturated rings. The van der Waals surface area contributed by atoms with Gasteiger partial charge in [-0.25, -0.2) is 19.3 Å². The molecule has 1 saturated carbocycles. The van der Waals surface area contributed by atoms with Crippen molar-refractivity contribution in [3.63, 3.8) is 0 Å². The van der Waals surface area contributed by atoms with Gasteiger partial charge in [0.25, 0.3) is 5.56 Å². The number of fused-ring (bicyclic) bond motifs is 1. The van der Waals surface area contributed by atoms with E-state index in [-0.39, 0.29) is 11.6 Å². The summed E-state index contributed by atoms with van der Waals surface area (Å²) in [6, 6.07) is 11.8. The molecule has 0 saturated heterocycles. The van der Waals surface area contributed by atoms with Crippen LogP contribution in [-0.2, 0) is 7.05 Å². The molecule has 0 atom stereocenters. The summed E-state index contributed by atoms with van der Waals surface area (Å²) >= 11 is 0. The van der Waals surface area contributed by atoms with Crippen molar-refractivity contribution in [2.24, 2.45) is 7.05 Å². The number of para-hydroxylation sites is 2. The number of rotatable bonds is 4. The van der Waals surface area contributed by atoms with Gasteiger partial charge < -0.3 is 9.88 Å². The lowest BCUT2D eigenvalue weighted by molar-refractivity contribution is 0.302. The van der Waals surface area contributed by atoms with Crippen molar-refractivity contribution >= 4 is 17.0 Å². The van der Waals surface area contributed by atoms with E-state index in [1.807, 2.05) is 25.2 Å². The van der Waals surface area contributed by atoms with Gasteiger partial charge in [0.05, 0.1) is 17.1 Å². The Morgan fingerprint density at radius 1 is 1.07 bits per heavy atom. The lowest BCUT2D eigenvalue weighted by atomic mass is 9.91. The van der Waals surface area contributed by atoms with Gasteiger partial charge in [0.1, 0.15) is 12.7 Å². The first-order valence-electron chi connectivity index (χ1n) is 9.82. The molecule has 148 valence electrons. The van der Waals surface area contributed by atoms with E-state index < -0.39 is 0 Å². The normalized spacial score (nSPS) is 19.5. The molecule has 0 radical (unpaired) electrons. The van der Waals surface area contributed by atoms with Gasteiger partial charge in [0.15, 0.2) is 5.82 Å². The van der Waals surface area contributed by atoms with E-state index in [4.69, 9.17) is 4.98 Å². The third kappa shape index (κ3) is 3.28. The minimum Gasteiger partial charge on any atom is -0.353 e. The predicted molar refractivity (Wildman–Crippen MR) is 109 cm³/mol. The van der Waals surface area contributed by atoms with Gasteiger partial charge in [0, 0.05) is 19.2 Å². The molecule has 5 rings (SSSR count). The van der Waals surface area contributed by atoms with Crippen LogP contribution >= 0.6 is 0 Å². The number of aromatic nitrogens is 7. The number of nitrogens with one attached hydrogen (secondary N) is 1. The number of aryl methyl sites for hydroxylation is 1. The minimum atomic E-state index is -0.0828. The lowest BCUT2D eigenvalue weighted by Gasteiger charge is -2.29. The smallest absolute Gasteiger partial charge is 0.267 e. The maximum atomic E-state index is 12.4. The Morgan fingerprint density at radius 2 is 1.90 bits per heavy atom. The van der Waals surface area contributed by atoms with Crippen molar-refractivity contribution in [1.29, 1.82) is 0 Å². The van der Waals surface area contributed by atoms with E-state index in [2.05, 4.69) is 31.1 Å². The van der Waals surface area contributed by atoms with E-state index in [1.165, 1.54) is 6.33 Å². The monoisotopic (exact) mass is 390 g/mol. The van der Waals surface area contributed by atoms with Crippen LogP contribution in [0.2, 0.25) is 0 Å². The Labute approximate surface area is 167 Å². The number of hydrogen-bond donors (Lipinski definition) is 1. The fourth-order valence-electron chi connectivity index (χ4n) is 4.05. The van der Waals surface area contributed by atoms with Crippen LogP contribution < -0.4 is 10.9 Å². The van der Waals surface area contributed by atoms with E-state index in [0.29, 0.717) is 11.9 Å². The molecule has 9 heteroatoms. The summed E-state index contributed by atoms with van der Waals surface area (Å²) in [6.45, 7) is 0. The molecule has 0 unspecified atom stereocenters. The Bertz CT molecular complexity index is 1180. The quantitative estimate of drug-likeness (QED) is 0.574. The summed E-state index contributed by atoms with van der Waals surface area (Å²) in [4.78, 5) is 21.0. The molecule has 1 aromatic carbocycles. The zero-order chi connectivity index (χ0) is 19.8. The van der Waals surface area contributed by atoms with Crippen molar-refractivity contribution in [2.45, 2.75) is 37.8 Å². The van der Waals surface area contributed by atoms with Gasteiger partial charge in [-0.1, -0.05) is 12.1 Å². The molecule has 3 aromatic heterocycles. The SMILES string of the molecule is Cn1c(NC2CCC(n3nc(-n4cncn4)ccc3=O)CC2)nc2ccccc21. The number of nitrogens with zero attached hydrogens (tertiary/aromatic N) is 7. The molecule has 0 bridgehead atoms. The summed E-state index contributed by atoms with van der Waals surface area (Å²) in [5, 5.41) is 12.2. The van der Waals surface area contributed by atoms with Crippen LogP contribution in [0, 0.1) is 0 Å². The van der Waals surface area contributed by atoms with E-state index in [9.17, 15) is 4.79 Å². The van der Waals surface area contributed by atoms with E-state index in [1.54, 1.807) is 27.8 Å². The maximum absolute atomic E-state index is 12.4. The van der Waals surface area contributed by atoms with Crippen molar-refractivity contribution < 1.29 is 0 Å². The molecule has 1 aliphatic rings. The predicted octanol–water partition coefficient (Wildman–Crippen LogP) is 2.31. The topological polar surface area (TPSA) is 95.5 Å². The molecule has 0 amide bonds. The Balaban J connectivity index is 1.30. The second-order valence-corrected chi connectivity index (χ2v) is 7.45. The summed E-state index contributed by atoms with van der Waals surface area (Å²) in [6.07, 6.45) is 6.71. The number of anilines is 1. The van der Waals surface area contributed by atoms with Crippen LogP contribution in [0.1, 0.15) is 31.7 Å². The first-order chi connectivity index (χ1) is 14.2. The van der Waals surface area contributed by atoms with Crippen molar-refractivity contribution in [3.05, 3.63) is 59.4 Å².